The van der Waals surface area contributed by atoms with Crippen LogP contribution in [0.4, 0.5) is 0 Å². The van der Waals surface area contributed by atoms with E-state index < -0.39 is 11.6 Å². The lowest BCUT2D eigenvalue weighted by atomic mass is 9.65. The van der Waals surface area contributed by atoms with Gasteiger partial charge in [-0.2, -0.15) is 0 Å². The molecule has 0 aliphatic heterocycles. The number of hydrogen-bond donors (Lipinski definition) is 2. The normalized spacial score (nSPS) is 17.9. The predicted molar refractivity (Wildman–Crippen MR) is 65.3 cm³/mol. The summed E-state index contributed by atoms with van der Waals surface area (Å²) in [6.45, 7) is 9.88. The number of aliphatic hydroxyl groups is 1. The fourth-order valence-corrected chi connectivity index (χ4v) is 2.36. The fourth-order valence-electron chi connectivity index (χ4n) is 2.36. The lowest BCUT2D eigenvalue weighted by Crippen LogP contribution is -2.51. The van der Waals surface area contributed by atoms with Crippen molar-refractivity contribution in [2.75, 3.05) is 0 Å². The molecule has 0 aromatic carbocycles. The van der Waals surface area contributed by atoms with Gasteiger partial charge in [0.05, 0.1) is 0 Å². The van der Waals surface area contributed by atoms with E-state index in [0.29, 0.717) is 0 Å². The summed E-state index contributed by atoms with van der Waals surface area (Å²) in [4.78, 5) is 11.3. The van der Waals surface area contributed by atoms with E-state index in [-0.39, 0.29) is 17.8 Å². The molecular formula is C13H26O3. The lowest BCUT2D eigenvalue weighted by Gasteiger charge is -2.42. The van der Waals surface area contributed by atoms with E-state index in [9.17, 15) is 15.0 Å². The molecular weight excluding hydrogens is 204 g/mol. The maximum Gasteiger partial charge on any atom is 0.335 e. The third-order valence-electron chi connectivity index (χ3n) is 3.92. The molecule has 0 bridgehead atoms. The Morgan fingerprint density at radius 1 is 1.19 bits per heavy atom. The van der Waals surface area contributed by atoms with Gasteiger partial charge in [-0.1, -0.05) is 47.5 Å². The zero-order chi connectivity index (χ0) is 13.0. The van der Waals surface area contributed by atoms with Crippen LogP contribution in [0.3, 0.4) is 0 Å². The highest BCUT2D eigenvalue weighted by Crippen LogP contribution is 2.42. The molecule has 3 nitrogen and oxygen atoms in total. The highest BCUT2D eigenvalue weighted by atomic mass is 16.4. The van der Waals surface area contributed by atoms with Crippen LogP contribution in [0.15, 0.2) is 0 Å². The van der Waals surface area contributed by atoms with E-state index in [0.717, 1.165) is 19.3 Å². The molecule has 0 fully saturated rings. The quantitative estimate of drug-likeness (QED) is 0.706. The van der Waals surface area contributed by atoms with Gasteiger partial charge in [-0.3, -0.25) is 0 Å². The number of carbonyl (C=O) groups is 1. The summed E-state index contributed by atoms with van der Waals surface area (Å²) < 4.78 is 0. The zero-order valence-electron chi connectivity index (χ0n) is 11.2. The third-order valence-corrected chi connectivity index (χ3v) is 3.92. The van der Waals surface area contributed by atoms with Crippen LogP contribution in [-0.2, 0) is 4.79 Å². The van der Waals surface area contributed by atoms with Gasteiger partial charge in [-0.15, -0.1) is 0 Å². The van der Waals surface area contributed by atoms with Crippen molar-refractivity contribution in [2.24, 2.45) is 11.3 Å². The Labute approximate surface area is 98.9 Å². The standard InChI is InChI=1S/C13H26O3/c1-6-9-10(12(4,5)7-2)13(16,8-3)11(14)15/h10,16H,6-9H2,1-5H3,(H,14,15). The maximum absolute atomic E-state index is 11.3. The molecule has 0 rings (SSSR count). The minimum Gasteiger partial charge on any atom is -0.479 e. The number of aliphatic carboxylic acids is 1. The van der Waals surface area contributed by atoms with Gasteiger partial charge in [-0.05, 0) is 18.3 Å². The summed E-state index contributed by atoms with van der Waals surface area (Å²) in [5.74, 6) is -1.28. The molecule has 0 aromatic rings. The molecule has 0 aliphatic rings. The van der Waals surface area contributed by atoms with Crippen molar-refractivity contribution in [3.8, 4) is 0 Å². The van der Waals surface area contributed by atoms with E-state index in [1.807, 2.05) is 27.7 Å². The molecule has 0 aliphatic carbocycles. The van der Waals surface area contributed by atoms with Gasteiger partial charge < -0.3 is 10.2 Å². The Balaban J connectivity index is 5.24. The largest absolute Gasteiger partial charge is 0.479 e. The zero-order valence-corrected chi connectivity index (χ0v) is 11.2. The summed E-state index contributed by atoms with van der Waals surface area (Å²) in [5, 5.41) is 19.6. The first-order chi connectivity index (χ1) is 7.26. The number of carboxylic acid groups (broad SMARTS) is 1. The topological polar surface area (TPSA) is 57.5 Å². The molecule has 0 saturated carbocycles. The smallest absolute Gasteiger partial charge is 0.335 e. The van der Waals surface area contributed by atoms with Crippen molar-refractivity contribution in [1.82, 2.24) is 0 Å². The molecule has 0 saturated heterocycles. The monoisotopic (exact) mass is 230 g/mol. The predicted octanol–water partition coefficient (Wildman–Crippen LogP) is 3.06. The van der Waals surface area contributed by atoms with E-state index in [4.69, 9.17) is 0 Å². The second-order valence-corrected chi connectivity index (χ2v) is 5.27. The molecule has 2 unspecified atom stereocenters. The summed E-state index contributed by atoms with van der Waals surface area (Å²) in [6, 6.07) is 0. The second-order valence-electron chi connectivity index (χ2n) is 5.27. The van der Waals surface area contributed by atoms with Gasteiger partial charge in [0.1, 0.15) is 0 Å². The Morgan fingerprint density at radius 2 is 1.69 bits per heavy atom. The summed E-state index contributed by atoms with van der Waals surface area (Å²) in [5.41, 5.74) is -1.74. The van der Waals surface area contributed by atoms with Crippen LogP contribution in [0.25, 0.3) is 0 Å². The highest BCUT2D eigenvalue weighted by Gasteiger charge is 2.48. The van der Waals surface area contributed by atoms with Crippen LogP contribution in [0.2, 0.25) is 0 Å². The first-order valence-electron chi connectivity index (χ1n) is 6.22. The Morgan fingerprint density at radius 3 is 1.94 bits per heavy atom. The molecule has 0 aromatic heterocycles. The Kier molecular flexibility index (Phi) is 5.47. The Bertz CT molecular complexity index is 235. The van der Waals surface area contributed by atoms with Crippen molar-refractivity contribution in [1.29, 1.82) is 0 Å². The summed E-state index contributed by atoms with van der Waals surface area (Å²) in [7, 11) is 0. The van der Waals surface area contributed by atoms with Crippen LogP contribution >= 0.6 is 0 Å². The average molecular weight is 230 g/mol. The Hall–Kier alpha value is -0.570. The van der Waals surface area contributed by atoms with Crippen molar-refractivity contribution in [3.05, 3.63) is 0 Å². The molecule has 96 valence electrons. The molecule has 2 atom stereocenters. The van der Waals surface area contributed by atoms with E-state index in [1.165, 1.54) is 0 Å². The van der Waals surface area contributed by atoms with Gasteiger partial charge in [0.15, 0.2) is 5.60 Å². The lowest BCUT2D eigenvalue weighted by molar-refractivity contribution is -0.172. The highest BCUT2D eigenvalue weighted by molar-refractivity contribution is 5.77. The van der Waals surface area contributed by atoms with Crippen LogP contribution in [0, 0.1) is 11.3 Å². The van der Waals surface area contributed by atoms with E-state index in [1.54, 1.807) is 6.92 Å². The molecule has 0 amide bonds. The first kappa shape index (κ1) is 15.4. The molecule has 3 heteroatoms. The van der Waals surface area contributed by atoms with E-state index in [2.05, 4.69) is 0 Å². The minimum atomic E-state index is -1.59. The average Bonchev–Trinajstić information content (AvgIpc) is 2.24. The van der Waals surface area contributed by atoms with Crippen LogP contribution < -0.4 is 0 Å². The van der Waals surface area contributed by atoms with Gasteiger partial charge in [0.25, 0.3) is 0 Å². The fraction of sp³-hybridized carbons (Fsp3) is 0.923. The maximum atomic E-state index is 11.3. The minimum absolute atomic E-state index is 0.154. The summed E-state index contributed by atoms with van der Waals surface area (Å²) in [6.07, 6.45) is 2.77. The number of hydrogen-bond acceptors (Lipinski definition) is 2. The molecule has 2 N–H and O–H groups in total. The first-order valence-corrected chi connectivity index (χ1v) is 6.22. The summed E-state index contributed by atoms with van der Waals surface area (Å²) >= 11 is 0. The van der Waals surface area contributed by atoms with Crippen molar-refractivity contribution < 1.29 is 15.0 Å². The van der Waals surface area contributed by atoms with E-state index >= 15 is 0 Å². The third kappa shape index (κ3) is 2.97. The van der Waals surface area contributed by atoms with Gasteiger partial charge >= 0.3 is 5.97 Å². The van der Waals surface area contributed by atoms with Gasteiger partial charge in [0, 0.05) is 5.92 Å². The molecule has 0 heterocycles. The van der Waals surface area contributed by atoms with Crippen LogP contribution in [-0.4, -0.2) is 21.8 Å². The number of rotatable bonds is 7. The molecule has 0 radical (unpaired) electrons. The van der Waals surface area contributed by atoms with Crippen molar-refractivity contribution in [3.63, 3.8) is 0 Å². The van der Waals surface area contributed by atoms with Crippen LogP contribution in [0.1, 0.15) is 60.3 Å². The van der Waals surface area contributed by atoms with Crippen LogP contribution in [0.5, 0.6) is 0 Å². The molecule has 0 spiro atoms. The van der Waals surface area contributed by atoms with Gasteiger partial charge in [-0.25, -0.2) is 4.79 Å². The SMILES string of the molecule is CCCC(C(C)(C)CC)C(O)(CC)C(=O)O. The van der Waals surface area contributed by atoms with Crippen molar-refractivity contribution >= 4 is 5.97 Å². The number of carboxylic acids is 1. The second kappa shape index (κ2) is 5.67. The molecule has 16 heavy (non-hydrogen) atoms. The van der Waals surface area contributed by atoms with Gasteiger partial charge in [0.2, 0.25) is 0 Å². The van der Waals surface area contributed by atoms with Crippen molar-refractivity contribution in [2.45, 2.75) is 65.9 Å².